The first-order chi connectivity index (χ1) is 8.61. The smallest absolute Gasteiger partial charge is 0.359 e. The van der Waals surface area contributed by atoms with E-state index in [0.717, 1.165) is 5.56 Å². The highest BCUT2D eigenvalue weighted by atomic mass is 35.5. The van der Waals surface area contributed by atoms with Gasteiger partial charge in [0.25, 0.3) is 0 Å². The second-order valence-corrected chi connectivity index (χ2v) is 5.24. The molecule has 0 saturated heterocycles. The molecule has 0 aliphatic rings. The van der Waals surface area contributed by atoms with Crippen molar-refractivity contribution in [3.63, 3.8) is 0 Å². The molecule has 1 aromatic carbocycles. The molecule has 0 aromatic heterocycles. The molecule has 0 spiro atoms. The summed E-state index contributed by atoms with van der Waals surface area (Å²) in [5.41, 5.74) is 6.89. The molecule has 0 bridgehead atoms. The lowest BCUT2D eigenvalue weighted by Crippen LogP contribution is -2.39. The Bertz CT molecular complexity index is 430. The Kier molecular flexibility index (Phi) is 5.10. The second kappa shape index (κ2) is 6.01. The van der Waals surface area contributed by atoms with Gasteiger partial charge < -0.3 is 10.6 Å². The van der Waals surface area contributed by atoms with Gasteiger partial charge in [0.15, 0.2) is 0 Å². The van der Waals surface area contributed by atoms with E-state index in [1.807, 2.05) is 0 Å². The van der Waals surface area contributed by atoms with Crippen LogP contribution >= 0.6 is 11.6 Å². The van der Waals surface area contributed by atoms with Gasteiger partial charge in [-0.05, 0) is 38.5 Å². The quantitative estimate of drug-likeness (QED) is 0.904. The summed E-state index contributed by atoms with van der Waals surface area (Å²) in [4.78, 5) is 1.23. The number of nitrogens with two attached hydrogens (primary N) is 1. The third-order valence-corrected chi connectivity index (χ3v) is 3.08. The van der Waals surface area contributed by atoms with Crippen molar-refractivity contribution in [3.05, 3.63) is 28.8 Å². The van der Waals surface area contributed by atoms with Crippen LogP contribution < -0.4 is 10.6 Å². The minimum atomic E-state index is -4.27. The van der Waals surface area contributed by atoms with Crippen molar-refractivity contribution < 1.29 is 13.2 Å². The van der Waals surface area contributed by atoms with Crippen molar-refractivity contribution in [1.29, 1.82) is 0 Å². The van der Waals surface area contributed by atoms with Crippen LogP contribution in [0.15, 0.2) is 18.2 Å². The van der Waals surface area contributed by atoms with Crippen LogP contribution in [0.1, 0.15) is 32.4 Å². The Labute approximate surface area is 116 Å². The Balaban J connectivity index is 3.10. The molecule has 0 amide bonds. The average Bonchev–Trinajstić information content (AvgIpc) is 2.24. The van der Waals surface area contributed by atoms with Crippen molar-refractivity contribution in [2.75, 3.05) is 11.4 Å². The lowest BCUT2D eigenvalue weighted by Gasteiger charge is -2.31. The number of hydrogen-bond acceptors (Lipinski definition) is 2. The molecule has 0 radical (unpaired) electrons. The predicted molar refractivity (Wildman–Crippen MR) is 72.6 cm³/mol. The van der Waals surface area contributed by atoms with Crippen LogP contribution in [-0.2, 0) is 0 Å². The molecule has 1 atom stereocenters. The molecule has 2 nitrogen and oxygen atoms in total. The number of halogens is 4. The Morgan fingerprint density at radius 3 is 2.21 bits per heavy atom. The van der Waals surface area contributed by atoms with E-state index in [0.29, 0.717) is 5.69 Å². The van der Waals surface area contributed by atoms with Gasteiger partial charge >= 0.3 is 6.18 Å². The highest BCUT2D eigenvalue weighted by Gasteiger charge is 2.32. The van der Waals surface area contributed by atoms with E-state index in [9.17, 15) is 13.2 Å². The van der Waals surface area contributed by atoms with Crippen LogP contribution in [0.5, 0.6) is 0 Å². The minimum absolute atomic E-state index is 0.207. The third-order valence-electron chi connectivity index (χ3n) is 2.78. The SMILES string of the molecule is CC(C)N(CC(F)(F)F)c1ccc([C@H](C)N)cc1Cl. The number of benzene rings is 1. The van der Waals surface area contributed by atoms with E-state index in [-0.39, 0.29) is 17.1 Å². The highest BCUT2D eigenvalue weighted by molar-refractivity contribution is 6.33. The Morgan fingerprint density at radius 1 is 1.26 bits per heavy atom. The maximum Gasteiger partial charge on any atom is 0.405 e. The van der Waals surface area contributed by atoms with Gasteiger partial charge in [0.2, 0.25) is 0 Å². The van der Waals surface area contributed by atoms with Crippen molar-refractivity contribution in [2.24, 2.45) is 5.73 Å². The molecule has 0 aliphatic carbocycles. The maximum atomic E-state index is 12.6. The van der Waals surface area contributed by atoms with Crippen LogP contribution in [0.4, 0.5) is 18.9 Å². The molecule has 0 aliphatic heterocycles. The fraction of sp³-hybridized carbons (Fsp3) is 0.538. The van der Waals surface area contributed by atoms with Gasteiger partial charge in [0.1, 0.15) is 6.54 Å². The van der Waals surface area contributed by atoms with E-state index in [4.69, 9.17) is 17.3 Å². The third kappa shape index (κ3) is 4.58. The Hall–Kier alpha value is -0.940. The van der Waals surface area contributed by atoms with Crippen LogP contribution in [0.3, 0.4) is 0 Å². The largest absolute Gasteiger partial charge is 0.405 e. The summed E-state index contributed by atoms with van der Waals surface area (Å²) in [5, 5.41) is 0.285. The summed E-state index contributed by atoms with van der Waals surface area (Å²) in [6.07, 6.45) is -4.27. The van der Waals surface area contributed by atoms with E-state index in [1.165, 1.54) is 4.90 Å². The van der Waals surface area contributed by atoms with E-state index in [1.54, 1.807) is 39.0 Å². The standard InChI is InChI=1S/C13H18ClF3N2/c1-8(2)19(7-13(15,16)17)12-5-4-10(9(3)18)6-11(12)14/h4-6,8-9H,7,18H2,1-3H3/t9-/m0/s1. The molecule has 2 N–H and O–H groups in total. The average molecular weight is 295 g/mol. The van der Waals surface area contributed by atoms with Gasteiger partial charge in [-0.15, -0.1) is 0 Å². The zero-order valence-corrected chi connectivity index (χ0v) is 11.9. The summed E-state index contributed by atoms with van der Waals surface area (Å²) >= 11 is 6.08. The molecule has 0 unspecified atom stereocenters. The summed E-state index contributed by atoms with van der Waals surface area (Å²) < 4.78 is 37.8. The van der Waals surface area contributed by atoms with Crippen molar-refractivity contribution >= 4 is 17.3 Å². The van der Waals surface area contributed by atoms with Crippen LogP contribution in [-0.4, -0.2) is 18.8 Å². The lowest BCUT2D eigenvalue weighted by molar-refractivity contribution is -0.120. The van der Waals surface area contributed by atoms with Crippen molar-refractivity contribution in [1.82, 2.24) is 0 Å². The van der Waals surface area contributed by atoms with Gasteiger partial charge in [-0.25, -0.2) is 0 Å². The summed E-state index contributed by atoms with van der Waals surface area (Å²) in [6, 6.07) is 4.40. The Morgan fingerprint density at radius 2 is 1.84 bits per heavy atom. The lowest BCUT2D eigenvalue weighted by atomic mass is 10.1. The number of anilines is 1. The zero-order valence-electron chi connectivity index (χ0n) is 11.1. The van der Waals surface area contributed by atoms with E-state index in [2.05, 4.69) is 0 Å². The van der Waals surface area contributed by atoms with Gasteiger partial charge in [-0.2, -0.15) is 13.2 Å². The molecular formula is C13H18ClF3N2. The first-order valence-corrected chi connectivity index (χ1v) is 6.38. The van der Waals surface area contributed by atoms with Crippen LogP contribution in [0.25, 0.3) is 0 Å². The van der Waals surface area contributed by atoms with E-state index >= 15 is 0 Å². The molecule has 0 saturated carbocycles. The van der Waals surface area contributed by atoms with Crippen molar-refractivity contribution in [3.8, 4) is 0 Å². The monoisotopic (exact) mass is 294 g/mol. The highest BCUT2D eigenvalue weighted by Crippen LogP contribution is 2.32. The minimum Gasteiger partial charge on any atom is -0.359 e. The maximum absolute atomic E-state index is 12.6. The summed E-state index contributed by atoms with van der Waals surface area (Å²) in [6.45, 7) is 4.16. The molecule has 1 rings (SSSR count). The molecule has 0 fully saturated rings. The van der Waals surface area contributed by atoms with E-state index < -0.39 is 12.7 Å². The van der Waals surface area contributed by atoms with Gasteiger partial charge in [0, 0.05) is 12.1 Å². The predicted octanol–water partition coefficient (Wildman–Crippen LogP) is 4.14. The number of alkyl halides is 3. The molecule has 108 valence electrons. The van der Waals surface area contributed by atoms with Gasteiger partial charge in [0.05, 0.1) is 10.7 Å². The van der Waals surface area contributed by atoms with Crippen LogP contribution in [0, 0.1) is 0 Å². The fourth-order valence-corrected chi connectivity index (χ4v) is 2.08. The fourth-order valence-electron chi connectivity index (χ4n) is 1.78. The van der Waals surface area contributed by atoms with Gasteiger partial charge in [-0.3, -0.25) is 0 Å². The van der Waals surface area contributed by atoms with Crippen LogP contribution in [0.2, 0.25) is 5.02 Å². The molecular weight excluding hydrogens is 277 g/mol. The normalized spacial score (nSPS) is 13.7. The van der Waals surface area contributed by atoms with Crippen molar-refractivity contribution in [2.45, 2.75) is 39.0 Å². The van der Waals surface area contributed by atoms with Gasteiger partial charge in [-0.1, -0.05) is 17.7 Å². The molecule has 6 heteroatoms. The zero-order chi connectivity index (χ0) is 14.8. The first kappa shape index (κ1) is 16.1. The second-order valence-electron chi connectivity index (χ2n) is 4.84. The summed E-state index contributed by atoms with van der Waals surface area (Å²) in [7, 11) is 0. The summed E-state index contributed by atoms with van der Waals surface area (Å²) in [5.74, 6) is 0. The first-order valence-electron chi connectivity index (χ1n) is 6.00. The molecule has 19 heavy (non-hydrogen) atoms. The topological polar surface area (TPSA) is 29.3 Å². The molecule has 0 heterocycles. The number of nitrogens with zero attached hydrogens (tertiary/aromatic N) is 1. The number of rotatable bonds is 4. The molecule has 1 aromatic rings. The number of hydrogen-bond donors (Lipinski definition) is 1.